The van der Waals surface area contributed by atoms with Crippen LogP contribution in [0, 0.1) is 0 Å². The molecule has 0 bridgehead atoms. The van der Waals surface area contributed by atoms with Gasteiger partial charge in [-0.25, -0.2) is 4.98 Å². The van der Waals surface area contributed by atoms with Gasteiger partial charge in [-0.1, -0.05) is 48.2 Å². The van der Waals surface area contributed by atoms with E-state index in [1.54, 1.807) is 11.8 Å². The molecule has 0 atom stereocenters. The van der Waals surface area contributed by atoms with Gasteiger partial charge in [0.05, 0.1) is 0 Å². The molecule has 20 heavy (non-hydrogen) atoms. The fraction of sp³-hybridized carbons (Fsp3) is 0. The lowest BCUT2D eigenvalue weighted by molar-refractivity contribution is 0.462. The minimum atomic E-state index is 0.605. The van der Waals surface area contributed by atoms with E-state index < -0.39 is 0 Å². The molecule has 3 rings (SSSR count). The van der Waals surface area contributed by atoms with Crippen molar-refractivity contribution >= 4 is 11.8 Å². The molecule has 1 aromatic heterocycles. The molecule has 98 valence electrons. The maximum Gasteiger partial charge on any atom is 0.219 e. The predicted molar refractivity (Wildman–Crippen MR) is 81.3 cm³/mol. The van der Waals surface area contributed by atoms with Crippen molar-refractivity contribution in [3.8, 4) is 11.6 Å². The minimum Gasteiger partial charge on any atom is -0.439 e. The molecule has 2 nitrogen and oxygen atoms in total. The first-order valence-electron chi connectivity index (χ1n) is 6.32. The highest BCUT2D eigenvalue weighted by atomic mass is 32.2. The molecule has 0 aliphatic carbocycles. The van der Waals surface area contributed by atoms with Gasteiger partial charge >= 0.3 is 0 Å². The lowest BCUT2D eigenvalue weighted by Crippen LogP contribution is -1.87. The Hall–Kier alpha value is -2.26. The molecular formula is C17H13NOS. The summed E-state index contributed by atoms with van der Waals surface area (Å²) in [6.07, 6.45) is 1.83. The Kier molecular flexibility index (Phi) is 3.99. The van der Waals surface area contributed by atoms with Crippen LogP contribution < -0.4 is 4.74 Å². The van der Waals surface area contributed by atoms with Gasteiger partial charge in [-0.05, 0) is 30.3 Å². The molecule has 0 spiro atoms. The summed E-state index contributed by atoms with van der Waals surface area (Å²) in [6, 6.07) is 23.8. The van der Waals surface area contributed by atoms with Crippen LogP contribution in [0.5, 0.6) is 11.6 Å². The molecule has 0 radical (unpaired) electrons. The monoisotopic (exact) mass is 279 g/mol. The normalized spacial score (nSPS) is 10.2. The van der Waals surface area contributed by atoms with Crippen molar-refractivity contribution < 1.29 is 4.74 Å². The van der Waals surface area contributed by atoms with E-state index in [4.69, 9.17) is 4.74 Å². The standard InChI is InChI=1S/C17H13NOS/c1-3-7-14(8-4-1)19-17-12-11-16(13-18-17)20-15-9-5-2-6-10-15/h1-13H. The van der Waals surface area contributed by atoms with Gasteiger partial charge in [-0.2, -0.15) is 0 Å². The van der Waals surface area contributed by atoms with E-state index in [1.165, 1.54) is 4.90 Å². The zero-order valence-electron chi connectivity index (χ0n) is 10.8. The second-order valence-corrected chi connectivity index (χ2v) is 5.31. The van der Waals surface area contributed by atoms with Crippen LogP contribution in [0.15, 0.2) is 88.8 Å². The molecule has 2 aromatic carbocycles. The summed E-state index contributed by atoms with van der Waals surface area (Å²) in [5.41, 5.74) is 0. The van der Waals surface area contributed by atoms with Crippen molar-refractivity contribution in [1.82, 2.24) is 4.98 Å². The van der Waals surface area contributed by atoms with Gasteiger partial charge in [-0.15, -0.1) is 0 Å². The van der Waals surface area contributed by atoms with Crippen LogP contribution in [-0.4, -0.2) is 4.98 Å². The molecule has 0 saturated heterocycles. The van der Waals surface area contributed by atoms with E-state index in [0.29, 0.717) is 5.88 Å². The lowest BCUT2D eigenvalue weighted by Gasteiger charge is -2.05. The second kappa shape index (κ2) is 6.26. The fourth-order valence-electron chi connectivity index (χ4n) is 1.72. The van der Waals surface area contributed by atoms with E-state index in [0.717, 1.165) is 10.6 Å². The summed E-state index contributed by atoms with van der Waals surface area (Å²) in [7, 11) is 0. The number of pyridine rings is 1. The second-order valence-electron chi connectivity index (χ2n) is 4.16. The van der Waals surface area contributed by atoms with E-state index in [2.05, 4.69) is 17.1 Å². The van der Waals surface area contributed by atoms with Crippen molar-refractivity contribution in [2.75, 3.05) is 0 Å². The first-order valence-corrected chi connectivity index (χ1v) is 7.14. The first-order chi connectivity index (χ1) is 9.90. The van der Waals surface area contributed by atoms with Gasteiger partial charge in [0.15, 0.2) is 0 Å². The first kappa shape index (κ1) is 12.8. The molecule has 3 heteroatoms. The molecule has 0 fully saturated rings. The number of ether oxygens (including phenoxy) is 1. The van der Waals surface area contributed by atoms with Crippen LogP contribution >= 0.6 is 11.8 Å². The number of hydrogen-bond donors (Lipinski definition) is 0. The molecule has 0 saturated carbocycles. The molecule has 1 heterocycles. The zero-order valence-corrected chi connectivity index (χ0v) is 11.6. The number of nitrogens with zero attached hydrogens (tertiary/aromatic N) is 1. The summed E-state index contributed by atoms with van der Waals surface area (Å²) >= 11 is 1.68. The number of rotatable bonds is 4. The van der Waals surface area contributed by atoms with Crippen molar-refractivity contribution in [3.05, 3.63) is 79.0 Å². The Balaban J connectivity index is 1.69. The average molecular weight is 279 g/mol. The average Bonchev–Trinajstić information content (AvgIpc) is 2.51. The third kappa shape index (κ3) is 3.39. The smallest absolute Gasteiger partial charge is 0.219 e. The zero-order chi connectivity index (χ0) is 13.6. The maximum atomic E-state index is 5.66. The summed E-state index contributed by atoms with van der Waals surface area (Å²) in [6.45, 7) is 0. The number of hydrogen-bond acceptors (Lipinski definition) is 3. The van der Waals surface area contributed by atoms with Gasteiger partial charge < -0.3 is 4.74 Å². The molecule has 0 aliphatic heterocycles. The highest BCUT2D eigenvalue weighted by Crippen LogP contribution is 2.28. The number of para-hydroxylation sites is 1. The third-order valence-electron chi connectivity index (χ3n) is 2.65. The Bertz CT molecular complexity index is 593. The Morgan fingerprint density at radius 3 is 2.05 bits per heavy atom. The summed E-state index contributed by atoms with van der Waals surface area (Å²) in [4.78, 5) is 6.62. The minimum absolute atomic E-state index is 0.605. The van der Waals surface area contributed by atoms with Gasteiger partial charge in [0.1, 0.15) is 5.75 Å². The summed E-state index contributed by atoms with van der Waals surface area (Å²) < 4.78 is 5.66. The van der Waals surface area contributed by atoms with E-state index in [1.807, 2.05) is 66.9 Å². The van der Waals surface area contributed by atoms with Crippen molar-refractivity contribution in [2.45, 2.75) is 9.79 Å². The van der Waals surface area contributed by atoms with Crippen molar-refractivity contribution in [2.24, 2.45) is 0 Å². The SMILES string of the molecule is c1ccc(Oc2ccc(Sc3ccccc3)cn2)cc1. The molecule has 0 amide bonds. The number of benzene rings is 2. The fourth-order valence-corrected chi connectivity index (χ4v) is 2.53. The van der Waals surface area contributed by atoms with Gasteiger partial charge in [0, 0.05) is 22.1 Å². The van der Waals surface area contributed by atoms with Crippen LogP contribution in [0.25, 0.3) is 0 Å². The summed E-state index contributed by atoms with van der Waals surface area (Å²) in [5, 5.41) is 0. The van der Waals surface area contributed by atoms with Crippen LogP contribution in [0.3, 0.4) is 0 Å². The molecule has 3 aromatic rings. The Morgan fingerprint density at radius 2 is 1.40 bits per heavy atom. The molecular weight excluding hydrogens is 266 g/mol. The van der Waals surface area contributed by atoms with Crippen molar-refractivity contribution in [3.63, 3.8) is 0 Å². The maximum absolute atomic E-state index is 5.66. The molecule has 0 N–H and O–H groups in total. The van der Waals surface area contributed by atoms with Crippen molar-refractivity contribution in [1.29, 1.82) is 0 Å². The van der Waals surface area contributed by atoms with Crippen LogP contribution in [0.1, 0.15) is 0 Å². The number of aromatic nitrogens is 1. The van der Waals surface area contributed by atoms with Crippen LogP contribution in [-0.2, 0) is 0 Å². The van der Waals surface area contributed by atoms with E-state index in [-0.39, 0.29) is 0 Å². The van der Waals surface area contributed by atoms with Gasteiger partial charge in [-0.3, -0.25) is 0 Å². The topological polar surface area (TPSA) is 22.1 Å². The summed E-state index contributed by atoms with van der Waals surface area (Å²) in [5.74, 6) is 1.40. The highest BCUT2D eigenvalue weighted by Gasteiger charge is 2.00. The lowest BCUT2D eigenvalue weighted by atomic mass is 10.3. The van der Waals surface area contributed by atoms with E-state index >= 15 is 0 Å². The largest absolute Gasteiger partial charge is 0.439 e. The highest BCUT2D eigenvalue weighted by molar-refractivity contribution is 7.99. The Labute approximate surface area is 122 Å². The van der Waals surface area contributed by atoms with Crippen LogP contribution in [0.4, 0.5) is 0 Å². The van der Waals surface area contributed by atoms with Crippen LogP contribution in [0.2, 0.25) is 0 Å². The quantitative estimate of drug-likeness (QED) is 0.669. The molecule has 0 unspecified atom stereocenters. The van der Waals surface area contributed by atoms with E-state index in [9.17, 15) is 0 Å². The Morgan fingerprint density at radius 1 is 0.700 bits per heavy atom. The third-order valence-corrected chi connectivity index (χ3v) is 3.64. The molecule has 0 aliphatic rings. The predicted octanol–water partition coefficient (Wildman–Crippen LogP) is 5.03. The van der Waals surface area contributed by atoms with Gasteiger partial charge in [0.25, 0.3) is 0 Å². The van der Waals surface area contributed by atoms with Gasteiger partial charge in [0.2, 0.25) is 5.88 Å².